The van der Waals surface area contributed by atoms with E-state index in [0.717, 1.165) is 30.6 Å². The molecule has 4 heteroatoms. The van der Waals surface area contributed by atoms with Gasteiger partial charge in [0.2, 0.25) is 0 Å². The smallest absolute Gasteiger partial charge is 0.109 e. The highest BCUT2D eigenvalue weighted by Gasteiger charge is 2.60. The number of hydrogen-bond acceptors (Lipinski definition) is 3. The third-order valence-electron chi connectivity index (χ3n) is 6.60. The van der Waals surface area contributed by atoms with Gasteiger partial charge in [-0.3, -0.25) is 0 Å². The van der Waals surface area contributed by atoms with Crippen molar-refractivity contribution in [3.63, 3.8) is 0 Å². The Morgan fingerprint density at radius 1 is 1.29 bits per heavy atom. The topological polar surface area (TPSA) is 41.5 Å². The van der Waals surface area contributed by atoms with Gasteiger partial charge in [-0.1, -0.05) is 81.8 Å². The van der Waals surface area contributed by atoms with E-state index in [4.69, 9.17) is 11.6 Å². The summed E-state index contributed by atoms with van der Waals surface area (Å²) in [4.78, 5) is 10.6. The van der Waals surface area contributed by atoms with Crippen LogP contribution in [0.2, 0.25) is 5.02 Å². The molecular formula is C24H29ClN2O. The molecule has 1 aliphatic carbocycles. The molecule has 0 aliphatic heterocycles. The Morgan fingerprint density at radius 2 is 2.00 bits per heavy atom. The average molecular weight is 397 g/mol. The quantitative estimate of drug-likeness (QED) is 0.483. The van der Waals surface area contributed by atoms with Crippen molar-refractivity contribution < 1.29 is 0 Å². The van der Waals surface area contributed by atoms with Crippen LogP contribution in [0.25, 0.3) is 0 Å². The summed E-state index contributed by atoms with van der Waals surface area (Å²) in [6.45, 7) is 12.1. The monoisotopic (exact) mass is 396 g/mol. The molecule has 0 bridgehead atoms. The second-order valence-electron chi connectivity index (χ2n) is 8.17. The fourth-order valence-corrected chi connectivity index (χ4v) is 4.70. The van der Waals surface area contributed by atoms with Gasteiger partial charge in [0.25, 0.3) is 0 Å². The van der Waals surface area contributed by atoms with E-state index in [0.29, 0.717) is 28.5 Å². The van der Waals surface area contributed by atoms with E-state index in [-0.39, 0.29) is 5.41 Å². The Kier molecular flexibility index (Phi) is 6.24. The molecule has 0 aromatic heterocycles. The number of nitrogens with one attached hydrogen (secondary N) is 1. The second-order valence-corrected chi connectivity index (χ2v) is 8.57. The van der Waals surface area contributed by atoms with Crippen LogP contribution in [0.4, 0.5) is 5.69 Å². The van der Waals surface area contributed by atoms with Gasteiger partial charge in [-0.15, -0.1) is 4.91 Å². The molecule has 3 nitrogen and oxygen atoms in total. The molecule has 3 rings (SSSR count). The van der Waals surface area contributed by atoms with Crippen LogP contribution in [0.15, 0.2) is 66.0 Å². The molecule has 0 amide bonds. The van der Waals surface area contributed by atoms with Crippen LogP contribution >= 0.6 is 11.6 Å². The van der Waals surface area contributed by atoms with Crippen molar-refractivity contribution in [2.24, 2.45) is 22.9 Å². The molecule has 2 aromatic rings. The molecule has 1 N–H and O–H groups in total. The highest BCUT2D eigenvalue weighted by Crippen LogP contribution is 2.61. The first-order valence-electron chi connectivity index (χ1n) is 10.0. The van der Waals surface area contributed by atoms with E-state index in [9.17, 15) is 4.91 Å². The number of nitrogens with zero attached hydrogens (tertiary/aromatic N) is 1. The largest absolute Gasteiger partial charge is 0.388 e. The van der Waals surface area contributed by atoms with Crippen molar-refractivity contribution in [2.45, 2.75) is 39.0 Å². The van der Waals surface area contributed by atoms with Gasteiger partial charge < -0.3 is 5.32 Å². The van der Waals surface area contributed by atoms with Gasteiger partial charge in [-0.05, 0) is 46.7 Å². The lowest BCUT2D eigenvalue weighted by Crippen LogP contribution is -2.25. The first kappa shape index (κ1) is 20.6. The summed E-state index contributed by atoms with van der Waals surface area (Å²) < 4.78 is 0. The van der Waals surface area contributed by atoms with Crippen LogP contribution in [0.5, 0.6) is 0 Å². The minimum Gasteiger partial charge on any atom is -0.388 e. The summed E-state index contributed by atoms with van der Waals surface area (Å²) in [6, 6.07) is 16.0. The van der Waals surface area contributed by atoms with Gasteiger partial charge in [0, 0.05) is 28.6 Å². The Balaban J connectivity index is 1.60. The van der Waals surface area contributed by atoms with E-state index in [2.05, 4.69) is 68.2 Å². The molecule has 148 valence electrons. The minimum absolute atomic E-state index is 0.161. The van der Waals surface area contributed by atoms with Crippen molar-refractivity contribution in [1.82, 2.24) is 5.32 Å². The van der Waals surface area contributed by atoms with E-state index < -0.39 is 0 Å². The number of hydrogen-bond donors (Lipinski definition) is 1. The molecule has 0 radical (unpaired) electrons. The highest BCUT2D eigenvalue weighted by molar-refractivity contribution is 6.31. The lowest BCUT2D eigenvalue weighted by atomic mass is 9.93. The lowest BCUT2D eigenvalue weighted by Gasteiger charge is -2.20. The number of benzene rings is 2. The van der Waals surface area contributed by atoms with Gasteiger partial charge in [0.15, 0.2) is 0 Å². The number of nitroso groups, excluding NO2 is 1. The molecule has 0 spiro atoms. The highest BCUT2D eigenvalue weighted by atomic mass is 35.5. The molecule has 4 atom stereocenters. The normalized spacial score (nSPS) is 24.4. The summed E-state index contributed by atoms with van der Waals surface area (Å²) in [6.07, 6.45) is 1.91. The van der Waals surface area contributed by atoms with Crippen molar-refractivity contribution in [2.75, 3.05) is 6.54 Å². The van der Waals surface area contributed by atoms with Crippen molar-refractivity contribution >= 4 is 17.3 Å². The first-order chi connectivity index (χ1) is 13.4. The molecule has 1 aliphatic rings. The molecule has 0 saturated heterocycles. The standard InChI is InChI=1S/C24H29ClN2O/c1-5-18(13-19-11-12-21(27-28)14-22(19)25)15-26-17(3)23-16(2)24(23,4)20-9-7-6-8-10-20/h6-12,14,16,18,23,26H,3,5,13,15H2,1-2,4H3. The number of rotatable bonds is 9. The van der Waals surface area contributed by atoms with Crippen LogP contribution in [0.3, 0.4) is 0 Å². The van der Waals surface area contributed by atoms with Gasteiger partial charge in [0.1, 0.15) is 5.69 Å². The SMILES string of the molecule is C=C(NCC(CC)Cc1ccc(N=O)cc1Cl)C1C(C)C1(C)c1ccccc1. The van der Waals surface area contributed by atoms with Gasteiger partial charge in [-0.2, -0.15) is 0 Å². The predicted octanol–water partition coefficient (Wildman–Crippen LogP) is 6.63. The molecular weight excluding hydrogens is 368 g/mol. The molecule has 2 aromatic carbocycles. The summed E-state index contributed by atoms with van der Waals surface area (Å²) in [5, 5.41) is 7.16. The molecule has 1 fully saturated rings. The Hall–Kier alpha value is -2.13. The predicted molar refractivity (Wildman–Crippen MR) is 118 cm³/mol. The van der Waals surface area contributed by atoms with Crippen molar-refractivity contribution in [3.8, 4) is 0 Å². The maximum atomic E-state index is 10.6. The first-order valence-corrected chi connectivity index (χ1v) is 10.4. The van der Waals surface area contributed by atoms with E-state index in [1.807, 2.05) is 6.07 Å². The van der Waals surface area contributed by atoms with Gasteiger partial charge >= 0.3 is 0 Å². The molecule has 1 saturated carbocycles. The van der Waals surface area contributed by atoms with Crippen molar-refractivity contribution in [1.29, 1.82) is 0 Å². The maximum Gasteiger partial charge on any atom is 0.109 e. The fraction of sp³-hybridized carbons (Fsp3) is 0.417. The van der Waals surface area contributed by atoms with Gasteiger partial charge in [0.05, 0.1) is 0 Å². The maximum absolute atomic E-state index is 10.6. The van der Waals surface area contributed by atoms with Crippen LogP contribution in [-0.4, -0.2) is 6.54 Å². The zero-order chi connectivity index (χ0) is 20.3. The van der Waals surface area contributed by atoms with Crippen LogP contribution < -0.4 is 5.32 Å². The second kappa shape index (κ2) is 8.48. The molecule has 4 unspecified atom stereocenters. The minimum atomic E-state index is 0.161. The molecule has 28 heavy (non-hydrogen) atoms. The fourth-order valence-electron chi connectivity index (χ4n) is 4.45. The van der Waals surface area contributed by atoms with Crippen LogP contribution in [-0.2, 0) is 11.8 Å². The van der Waals surface area contributed by atoms with E-state index in [1.165, 1.54) is 5.56 Å². The average Bonchev–Trinajstić information content (AvgIpc) is 3.28. The number of allylic oxidation sites excluding steroid dienone is 1. The lowest BCUT2D eigenvalue weighted by molar-refractivity contribution is 0.473. The van der Waals surface area contributed by atoms with E-state index in [1.54, 1.807) is 12.1 Å². The third-order valence-corrected chi connectivity index (χ3v) is 6.95. The van der Waals surface area contributed by atoms with Crippen LogP contribution in [0.1, 0.15) is 38.3 Å². The summed E-state index contributed by atoms with van der Waals surface area (Å²) >= 11 is 6.32. The number of halogens is 1. The Morgan fingerprint density at radius 3 is 2.61 bits per heavy atom. The molecule has 0 heterocycles. The summed E-state index contributed by atoms with van der Waals surface area (Å²) in [5.41, 5.74) is 4.11. The Bertz CT molecular complexity index is 851. The van der Waals surface area contributed by atoms with Gasteiger partial charge in [-0.25, -0.2) is 0 Å². The van der Waals surface area contributed by atoms with E-state index >= 15 is 0 Å². The summed E-state index contributed by atoms with van der Waals surface area (Å²) in [7, 11) is 0. The zero-order valence-corrected chi connectivity index (χ0v) is 17.7. The zero-order valence-electron chi connectivity index (χ0n) is 16.9. The summed E-state index contributed by atoms with van der Waals surface area (Å²) in [5.74, 6) is 1.48. The van der Waals surface area contributed by atoms with Crippen LogP contribution in [0, 0.1) is 22.7 Å². The Labute approximate surface area is 173 Å². The van der Waals surface area contributed by atoms with Crippen molar-refractivity contribution in [3.05, 3.63) is 81.9 Å². The third kappa shape index (κ3) is 4.00.